The van der Waals surface area contributed by atoms with Gasteiger partial charge in [-0.1, -0.05) is 12.1 Å². The number of aromatic nitrogens is 1. The third-order valence-corrected chi connectivity index (χ3v) is 4.65. The maximum Gasteiger partial charge on any atom is 0.270 e. The van der Waals surface area contributed by atoms with Crippen LogP contribution in [0.2, 0.25) is 0 Å². The molecule has 1 fully saturated rings. The molecule has 0 saturated carbocycles. The number of pyridine rings is 1. The first-order chi connectivity index (χ1) is 11.2. The topological polar surface area (TPSA) is 71.5 Å². The first kappa shape index (κ1) is 15.4. The van der Waals surface area contributed by atoms with Gasteiger partial charge in [0.05, 0.1) is 12.9 Å². The molecule has 1 aromatic carbocycles. The summed E-state index contributed by atoms with van der Waals surface area (Å²) >= 11 is 1.47. The molecule has 2 heterocycles. The van der Waals surface area contributed by atoms with Crippen LogP contribution in [0.25, 0.3) is 0 Å². The second kappa shape index (κ2) is 6.70. The van der Waals surface area contributed by atoms with Gasteiger partial charge in [0.15, 0.2) is 0 Å². The molecule has 7 heteroatoms. The van der Waals surface area contributed by atoms with Crippen LogP contribution in [0.5, 0.6) is 5.75 Å². The van der Waals surface area contributed by atoms with E-state index in [1.807, 2.05) is 24.3 Å². The lowest BCUT2D eigenvalue weighted by molar-refractivity contribution is -0.130. The summed E-state index contributed by atoms with van der Waals surface area (Å²) in [5.74, 6) is 0.614. The highest BCUT2D eigenvalue weighted by Gasteiger charge is 2.34. The number of amides is 2. The van der Waals surface area contributed by atoms with Gasteiger partial charge in [-0.15, -0.1) is 11.8 Å². The van der Waals surface area contributed by atoms with E-state index in [0.717, 1.165) is 11.3 Å². The number of nitrogens with one attached hydrogen (secondary N) is 1. The molecule has 0 bridgehead atoms. The average molecular weight is 329 g/mol. The van der Waals surface area contributed by atoms with Gasteiger partial charge in [-0.3, -0.25) is 20.0 Å². The monoisotopic (exact) mass is 329 g/mol. The van der Waals surface area contributed by atoms with E-state index in [1.54, 1.807) is 19.2 Å². The highest BCUT2D eigenvalue weighted by molar-refractivity contribution is 8.00. The lowest BCUT2D eigenvalue weighted by Gasteiger charge is -2.24. The molecule has 1 aliphatic rings. The number of rotatable bonds is 4. The number of thioether (sulfide) groups is 1. The maximum atomic E-state index is 12.3. The van der Waals surface area contributed by atoms with E-state index in [4.69, 9.17) is 4.74 Å². The Bertz CT molecular complexity index is 706. The van der Waals surface area contributed by atoms with Crippen molar-refractivity contribution in [2.75, 3.05) is 12.9 Å². The number of nitrogens with zero attached hydrogens (tertiary/aromatic N) is 2. The fraction of sp³-hybridized carbons (Fsp3) is 0.188. The highest BCUT2D eigenvalue weighted by atomic mass is 32.2. The first-order valence-electron chi connectivity index (χ1n) is 6.97. The summed E-state index contributed by atoms with van der Waals surface area (Å²) in [6.07, 6.45) is 3.08. The van der Waals surface area contributed by atoms with E-state index in [-0.39, 0.29) is 17.2 Å². The number of ether oxygens (including phenoxy) is 1. The molecule has 23 heavy (non-hydrogen) atoms. The number of methoxy groups -OCH3 is 1. The second-order valence-electron chi connectivity index (χ2n) is 4.88. The van der Waals surface area contributed by atoms with Gasteiger partial charge < -0.3 is 4.74 Å². The molecular formula is C16H15N3O3S. The predicted octanol–water partition coefficient (Wildman–Crippen LogP) is 2.01. The van der Waals surface area contributed by atoms with Gasteiger partial charge in [-0.05, 0) is 29.8 Å². The van der Waals surface area contributed by atoms with Gasteiger partial charge in [0, 0.05) is 18.0 Å². The van der Waals surface area contributed by atoms with Crippen molar-refractivity contribution in [2.24, 2.45) is 0 Å². The minimum absolute atomic E-state index is 0.127. The summed E-state index contributed by atoms with van der Waals surface area (Å²) in [5, 5.41) is 1.13. The van der Waals surface area contributed by atoms with E-state index in [9.17, 15) is 9.59 Å². The summed E-state index contributed by atoms with van der Waals surface area (Å²) in [4.78, 5) is 28.2. The van der Waals surface area contributed by atoms with Crippen molar-refractivity contribution >= 4 is 23.6 Å². The van der Waals surface area contributed by atoms with Gasteiger partial charge in [0.25, 0.3) is 11.8 Å². The van der Waals surface area contributed by atoms with Crippen LogP contribution in [0.4, 0.5) is 0 Å². The zero-order chi connectivity index (χ0) is 16.2. The summed E-state index contributed by atoms with van der Waals surface area (Å²) in [7, 11) is 1.60. The molecule has 0 spiro atoms. The summed E-state index contributed by atoms with van der Waals surface area (Å²) in [6.45, 7) is 0. The SMILES string of the molecule is COc1ccc(C2SCC(=O)N2NC(=O)c2ccncc2)cc1. The Kier molecular flexibility index (Phi) is 4.47. The molecular weight excluding hydrogens is 314 g/mol. The molecule has 1 atom stereocenters. The zero-order valence-electron chi connectivity index (χ0n) is 12.4. The Morgan fingerprint density at radius 1 is 1.26 bits per heavy atom. The van der Waals surface area contributed by atoms with Crippen molar-refractivity contribution in [2.45, 2.75) is 5.37 Å². The van der Waals surface area contributed by atoms with Crippen LogP contribution < -0.4 is 10.2 Å². The fourth-order valence-electron chi connectivity index (χ4n) is 2.24. The Morgan fingerprint density at radius 2 is 1.96 bits per heavy atom. The molecule has 2 aromatic rings. The third-order valence-electron chi connectivity index (χ3n) is 3.43. The van der Waals surface area contributed by atoms with Crippen molar-refractivity contribution in [1.29, 1.82) is 0 Å². The standard InChI is InChI=1S/C16H15N3O3S/c1-22-13-4-2-12(3-5-13)16-19(14(20)10-23-16)18-15(21)11-6-8-17-9-7-11/h2-9,16H,10H2,1H3,(H,18,21). The molecule has 1 aliphatic heterocycles. The molecule has 1 saturated heterocycles. The van der Waals surface area contributed by atoms with Gasteiger partial charge in [0.1, 0.15) is 11.1 Å². The van der Waals surface area contributed by atoms with E-state index in [0.29, 0.717) is 11.3 Å². The molecule has 1 unspecified atom stereocenters. The van der Waals surface area contributed by atoms with Crippen LogP contribution >= 0.6 is 11.8 Å². The van der Waals surface area contributed by atoms with Crippen molar-refractivity contribution in [3.63, 3.8) is 0 Å². The van der Waals surface area contributed by atoms with Crippen molar-refractivity contribution in [1.82, 2.24) is 15.4 Å². The number of carbonyl (C=O) groups excluding carboxylic acids is 2. The minimum Gasteiger partial charge on any atom is -0.497 e. The second-order valence-corrected chi connectivity index (χ2v) is 5.95. The van der Waals surface area contributed by atoms with Crippen LogP contribution in [-0.2, 0) is 4.79 Å². The molecule has 0 aliphatic carbocycles. The predicted molar refractivity (Wildman–Crippen MR) is 86.7 cm³/mol. The largest absolute Gasteiger partial charge is 0.497 e. The molecule has 1 aromatic heterocycles. The van der Waals surface area contributed by atoms with E-state index in [2.05, 4.69) is 10.4 Å². The molecule has 0 radical (unpaired) electrons. The Balaban J connectivity index is 1.78. The van der Waals surface area contributed by atoms with Crippen molar-refractivity contribution in [3.05, 3.63) is 59.9 Å². The van der Waals surface area contributed by atoms with Crippen LogP contribution in [0, 0.1) is 0 Å². The molecule has 3 rings (SSSR count). The fourth-order valence-corrected chi connectivity index (χ4v) is 3.35. The lowest BCUT2D eigenvalue weighted by atomic mass is 10.2. The summed E-state index contributed by atoms with van der Waals surface area (Å²) in [5.41, 5.74) is 4.07. The number of hydrogen-bond donors (Lipinski definition) is 1. The minimum atomic E-state index is -0.332. The van der Waals surface area contributed by atoms with Crippen molar-refractivity contribution < 1.29 is 14.3 Å². The molecule has 6 nitrogen and oxygen atoms in total. The quantitative estimate of drug-likeness (QED) is 0.929. The van der Waals surface area contributed by atoms with E-state index in [1.165, 1.54) is 29.2 Å². The number of hydrogen-bond acceptors (Lipinski definition) is 5. The summed E-state index contributed by atoms with van der Waals surface area (Å²) in [6, 6.07) is 10.7. The van der Waals surface area contributed by atoms with Gasteiger partial charge in [-0.2, -0.15) is 0 Å². The van der Waals surface area contributed by atoms with Crippen molar-refractivity contribution in [3.8, 4) is 5.75 Å². The molecule has 118 valence electrons. The highest BCUT2D eigenvalue weighted by Crippen LogP contribution is 2.37. The van der Waals surface area contributed by atoms with E-state index >= 15 is 0 Å². The van der Waals surface area contributed by atoms with Gasteiger partial charge in [-0.25, -0.2) is 5.01 Å². The number of benzene rings is 1. The van der Waals surface area contributed by atoms with Crippen LogP contribution in [0.1, 0.15) is 21.3 Å². The van der Waals surface area contributed by atoms with Crippen LogP contribution in [0.3, 0.4) is 0 Å². The Hall–Kier alpha value is -2.54. The van der Waals surface area contributed by atoms with Gasteiger partial charge >= 0.3 is 0 Å². The summed E-state index contributed by atoms with van der Waals surface area (Å²) < 4.78 is 5.14. The Labute approximate surface area is 137 Å². The first-order valence-corrected chi connectivity index (χ1v) is 8.02. The Morgan fingerprint density at radius 3 is 2.61 bits per heavy atom. The maximum absolute atomic E-state index is 12.3. The van der Waals surface area contributed by atoms with Crippen LogP contribution in [-0.4, -0.2) is 34.7 Å². The lowest BCUT2D eigenvalue weighted by Crippen LogP contribution is -2.44. The van der Waals surface area contributed by atoms with Crippen LogP contribution in [0.15, 0.2) is 48.8 Å². The smallest absolute Gasteiger partial charge is 0.270 e. The number of carbonyl (C=O) groups is 2. The molecule has 1 N–H and O–H groups in total. The number of hydrazine groups is 1. The average Bonchev–Trinajstić information content (AvgIpc) is 2.96. The third kappa shape index (κ3) is 3.29. The normalized spacial score (nSPS) is 17.2. The van der Waals surface area contributed by atoms with E-state index < -0.39 is 0 Å². The van der Waals surface area contributed by atoms with Gasteiger partial charge in [0.2, 0.25) is 0 Å². The zero-order valence-corrected chi connectivity index (χ0v) is 13.2. The molecule has 2 amide bonds.